The number of ether oxygens (including phenoxy) is 1. The number of anilines is 2. The minimum atomic E-state index is -0.561. The molecule has 2 heterocycles. The van der Waals surface area contributed by atoms with Gasteiger partial charge in [0, 0.05) is 20.0 Å². The summed E-state index contributed by atoms with van der Waals surface area (Å²) in [6, 6.07) is 4.56. The second-order valence-corrected chi connectivity index (χ2v) is 6.08. The van der Waals surface area contributed by atoms with Gasteiger partial charge in [-0.15, -0.1) is 0 Å². The van der Waals surface area contributed by atoms with Gasteiger partial charge in [0.15, 0.2) is 0 Å². The van der Waals surface area contributed by atoms with Crippen molar-refractivity contribution in [1.29, 1.82) is 0 Å². The van der Waals surface area contributed by atoms with Crippen LogP contribution in [0, 0.1) is 5.82 Å². The van der Waals surface area contributed by atoms with Crippen molar-refractivity contribution >= 4 is 23.4 Å². The SMILES string of the molecule is CC(=O)NC[C@H]1CN(c2ccc(N3CCC(O)C3)c(F)c2)C(=O)O1. The summed E-state index contributed by atoms with van der Waals surface area (Å²) in [4.78, 5) is 26.0. The zero-order valence-corrected chi connectivity index (χ0v) is 13.4. The van der Waals surface area contributed by atoms with E-state index in [1.54, 1.807) is 17.0 Å². The van der Waals surface area contributed by atoms with Crippen molar-refractivity contribution in [2.45, 2.75) is 25.6 Å². The molecule has 24 heavy (non-hydrogen) atoms. The monoisotopic (exact) mass is 337 g/mol. The molecule has 2 aliphatic rings. The van der Waals surface area contributed by atoms with Crippen LogP contribution in [-0.4, -0.2) is 55.5 Å². The molecule has 2 saturated heterocycles. The first-order valence-corrected chi connectivity index (χ1v) is 7.89. The lowest BCUT2D eigenvalue weighted by Gasteiger charge is -2.20. The summed E-state index contributed by atoms with van der Waals surface area (Å²) in [5, 5.41) is 12.2. The Morgan fingerprint density at radius 1 is 1.46 bits per heavy atom. The van der Waals surface area contributed by atoms with E-state index in [2.05, 4.69) is 5.32 Å². The summed E-state index contributed by atoms with van der Waals surface area (Å²) < 4.78 is 19.6. The Labute approximate surface area is 139 Å². The molecule has 8 heteroatoms. The van der Waals surface area contributed by atoms with Crippen molar-refractivity contribution in [3.05, 3.63) is 24.0 Å². The van der Waals surface area contributed by atoms with Gasteiger partial charge in [0.05, 0.1) is 30.6 Å². The zero-order valence-electron chi connectivity index (χ0n) is 13.4. The number of β-amino-alcohol motifs (C(OH)–C–C–N with tert-alkyl or cyclic N) is 1. The molecule has 1 aromatic carbocycles. The number of nitrogens with zero attached hydrogens (tertiary/aromatic N) is 2. The number of hydrogen-bond acceptors (Lipinski definition) is 5. The van der Waals surface area contributed by atoms with Crippen LogP contribution in [0.25, 0.3) is 0 Å². The number of carbonyl (C=O) groups is 2. The van der Waals surface area contributed by atoms with Crippen LogP contribution in [0.2, 0.25) is 0 Å². The zero-order chi connectivity index (χ0) is 17.3. The largest absolute Gasteiger partial charge is 0.442 e. The van der Waals surface area contributed by atoms with Crippen LogP contribution in [0.4, 0.5) is 20.6 Å². The highest BCUT2D eigenvalue weighted by Crippen LogP contribution is 2.29. The first-order chi connectivity index (χ1) is 11.4. The topological polar surface area (TPSA) is 82.1 Å². The van der Waals surface area contributed by atoms with Gasteiger partial charge < -0.3 is 20.1 Å². The number of halogens is 1. The fourth-order valence-electron chi connectivity index (χ4n) is 2.98. The van der Waals surface area contributed by atoms with E-state index in [0.29, 0.717) is 30.9 Å². The number of amides is 2. The molecule has 2 fully saturated rings. The van der Waals surface area contributed by atoms with Gasteiger partial charge >= 0.3 is 6.09 Å². The van der Waals surface area contributed by atoms with E-state index in [9.17, 15) is 19.1 Å². The Balaban J connectivity index is 1.70. The van der Waals surface area contributed by atoms with Gasteiger partial charge in [-0.2, -0.15) is 0 Å². The number of carbonyl (C=O) groups excluding carboxylic acids is 2. The first-order valence-electron chi connectivity index (χ1n) is 7.89. The van der Waals surface area contributed by atoms with E-state index in [0.717, 1.165) is 0 Å². The lowest BCUT2D eigenvalue weighted by atomic mass is 10.2. The van der Waals surface area contributed by atoms with Crippen LogP contribution in [-0.2, 0) is 9.53 Å². The Morgan fingerprint density at radius 2 is 2.25 bits per heavy atom. The van der Waals surface area contributed by atoms with Crippen LogP contribution in [0.1, 0.15) is 13.3 Å². The van der Waals surface area contributed by atoms with E-state index in [1.165, 1.54) is 17.9 Å². The lowest BCUT2D eigenvalue weighted by Crippen LogP contribution is -2.33. The summed E-state index contributed by atoms with van der Waals surface area (Å²) in [5.74, 6) is -0.646. The predicted molar refractivity (Wildman–Crippen MR) is 85.5 cm³/mol. The van der Waals surface area contributed by atoms with Crippen LogP contribution in [0.5, 0.6) is 0 Å². The van der Waals surface area contributed by atoms with E-state index in [1.807, 2.05) is 0 Å². The van der Waals surface area contributed by atoms with E-state index < -0.39 is 24.1 Å². The summed E-state index contributed by atoms with van der Waals surface area (Å²) in [6.45, 7) is 2.87. The summed E-state index contributed by atoms with van der Waals surface area (Å²) in [6.07, 6.45) is -0.844. The van der Waals surface area contributed by atoms with Gasteiger partial charge in [0.2, 0.25) is 5.91 Å². The highest BCUT2D eigenvalue weighted by atomic mass is 19.1. The molecule has 2 amide bonds. The molecule has 2 atom stereocenters. The number of benzene rings is 1. The maximum Gasteiger partial charge on any atom is 0.414 e. The third kappa shape index (κ3) is 3.43. The molecule has 0 spiro atoms. The Kier molecular flexibility index (Phi) is 4.57. The van der Waals surface area contributed by atoms with Gasteiger partial charge in [-0.1, -0.05) is 0 Å². The third-order valence-electron chi connectivity index (χ3n) is 4.20. The molecule has 130 valence electrons. The molecule has 0 bridgehead atoms. The number of aliphatic hydroxyl groups excluding tert-OH is 1. The average molecular weight is 337 g/mol. The lowest BCUT2D eigenvalue weighted by molar-refractivity contribution is -0.119. The maximum atomic E-state index is 14.4. The van der Waals surface area contributed by atoms with Gasteiger partial charge in [-0.25, -0.2) is 9.18 Å². The summed E-state index contributed by atoms with van der Waals surface area (Å²) in [5.41, 5.74) is 0.823. The molecule has 7 nitrogen and oxygen atoms in total. The van der Waals surface area contributed by atoms with Crippen molar-refractivity contribution in [3.63, 3.8) is 0 Å². The summed E-state index contributed by atoms with van der Waals surface area (Å²) >= 11 is 0. The van der Waals surface area contributed by atoms with Gasteiger partial charge in [0.25, 0.3) is 0 Å². The third-order valence-corrected chi connectivity index (χ3v) is 4.20. The standard InChI is InChI=1S/C16H20FN3O4/c1-10(21)18-7-13-9-20(16(23)24-13)11-2-3-15(14(17)6-11)19-5-4-12(22)8-19/h2-3,6,12-13,22H,4-5,7-9H2,1H3,(H,18,21)/t12?,13-/m0/s1. The minimum Gasteiger partial charge on any atom is -0.442 e. The molecule has 3 rings (SSSR count). The predicted octanol–water partition coefficient (Wildman–Crippen LogP) is 0.858. The van der Waals surface area contributed by atoms with Crippen molar-refractivity contribution in [2.24, 2.45) is 0 Å². The fourth-order valence-corrected chi connectivity index (χ4v) is 2.98. The number of cyclic esters (lactones) is 1. The average Bonchev–Trinajstić information content (AvgIpc) is 3.11. The molecule has 0 radical (unpaired) electrons. The van der Waals surface area contributed by atoms with E-state index >= 15 is 0 Å². The molecule has 1 unspecified atom stereocenters. The highest BCUT2D eigenvalue weighted by Gasteiger charge is 2.33. The smallest absolute Gasteiger partial charge is 0.414 e. The van der Waals surface area contributed by atoms with E-state index in [4.69, 9.17) is 4.74 Å². The molecule has 0 aromatic heterocycles. The van der Waals surface area contributed by atoms with Crippen LogP contribution < -0.4 is 15.1 Å². The van der Waals surface area contributed by atoms with Crippen molar-refractivity contribution in [2.75, 3.05) is 36.0 Å². The highest BCUT2D eigenvalue weighted by molar-refractivity contribution is 5.90. The van der Waals surface area contributed by atoms with Crippen LogP contribution >= 0.6 is 0 Å². The van der Waals surface area contributed by atoms with Gasteiger partial charge in [-0.3, -0.25) is 9.69 Å². The summed E-state index contributed by atoms with van der Waals surface area (Å²) in [7, 11) is 0. The van der Waals surface area contributed by atoms with Gasteiger partial charge in [-0.05, 0) is 24.6 Å². The Hall–Kier alpha value is -2.35. The van der Waals surface area contributed by atoms with Crippen LogP contribution in [0.3, 0.4) is 0 Å². The maximum absolute atomic E-state index is 14.4. The Bertz CT molecular complexity index is 654. The van der Waals surface area contributed by atoms with E-state index in [-0.39, 0.29) is 19.0 Å². The van der Waals surface area contributed by atoms with Crippen molar-refractivity contribution < 1.29 is 23.8 Å². The second-order valence-electron chi connectivity index (χ2n) is 6.08. The molecule has 1 aromatic rings. The Morgan fingerprint density at radius 3 is 2.88 bits per heavy atom. The molecule has 2 aliphatic heterocycles. The molecular weight excluding hydrogens is 317 g/mol. The number of rotatable bonds is 4. The quantitative estimate of drug-likeness (QED) is 0.851. The molecule has 2 N–H and O–H groups in total. The molecule has 0 saturated carbocycles. The van der Waals surface area contributed by atoms with Gasteiger partial charge in [0.1, 0.15) is 11.9 Å². The molecule has 0 aliphatic carbocycles. The molecular formula is C16H20FN3O4. The van der Waals surface area contributed by atoms with Crippen LogP contribution in [0.15, 0.2) is 18.2 Å². The van der Waals surface area contributed by atoms with Crippen molar-refractivity contribution in [3.8, 4) is 0 Å². The first kappa shape index (κ1) is 16.5. The van der Waals surface area contributed by atoms with Crippen molar-refractivity contribution in [1.82, 2.24) is 5.32 Å². The fraction of sp³-hybridized carbons (Fsp3) is 0.500. The minimum absolute atomic E-state index is 0.201. The number of aliphatic hydroxyl groups is 1. The second kappa shape index (κ2) is 6.64. The normalized spacial score (nSPS) is 23.5. The number of hydrogen-bond donors (Lipinski definition) is 2. The number of nitrogens with one attached hydrogen (secondary N) is 1.